The first-order valence-electron chi connectivity index (χ1n) is 6.25. The zero-order valence-electron chi connectivity index (χ0n) is 11.8. The van der Waals surface area contributed by atoms with Gasteiger partial charge in [-0.15, -0.1) is 0 Å². The van der Waals surface area contributed by atoms with E-state index < -0.39 is 10.0 Å². The van der Waals surface area contributed by atoms with E-state index in [1.165, 1.54) is 13.2 Å². The van der Waals surface area contributed by atoms with Gasteiger partial charge in [0.2, 0.25) is 10.0 Å². The molecule has 1 aromatic carbocycles. The van der Waals surface area contributed by atoms with Crippen LogP contribution in [0.3, 0.4) is 0 Å². The Bertz CT molecular complexity index is 725. The summed E-state index contributed by atoms with van der Waals surface area (Å²) in [5.74, 6) is 0.693. The molecule has 0 unspecified atom stereocenters. The van der Waals surface area contributed by atoms with E-state index in [4.69, 9.17) is 15.0 Å². The first kappa shape index (κ1) is 15.5. The fourth-order valence-corrected chi connectivity index (χ4v) is 3.01. The lowest BCUT2D eigenvalue weighted by atomic mass is 10.2. The van der Waals surface area contributed by atoms with E-state index in [0.29, 0.717) is 17.0 Å². The maximum atomic E-state index is 12.4. The zero-order valence-corrected chi connectivity index (χ0v) is 12.6. The molecule has 0 aliphatic carbocycles. The molecule has 0 radical (unpaired) electrons. The van der Waals surface area contributed by atoms with Gasteiger partial charge in [0.05, 0.1) is 19.3 Å². The van der Waals surface area contributed by atoms with Crippen molar-refractivity contribution in [3.8, 4) is 5.75 Å². The highest BCUT2D eigenvalue weighted by molar-refractivity contribution is 7.89. The SMILES string of the molecule is COc1ccc(CN)cc1S(=O)(=O)NCc1cc(C)no1. The van der Waals surface area contributed by atoms with Crippen molar-refractivity contribution in [2.24, 2.45) is 5.73 Å². The van der Waals surface area contributed by atoms with Crippen LogP contribution in [0.1, 0.15) is 17.0 Å². The molecule has 2 aromatic rings. The van der Waals surface area contributed by atoms with Crippen molar-refractivity contribution in [3.05, 3.63) is 41.3 Å². The van der Waals surface area contributed by atoms with Crippen LogP contribution in [-0.4, -0.2) is 20.7 Å². The van der Waals surface area contributed by atoms with Crippen molar-refractivity contribution in [1.82, 2.24) is 9.88 Å². The summed E-state index contributed by atoms with van der Waals surface area (Å²) < 4.78 is 37.2. The van der Waals surface area contributed by atoms with Crippen molar-refractivity contribution in [2.45, 2.75) is 24.9 Å². The van der Waals surface area contributed by atoms with Gasteiger partial charge < -0.3 is 15.0 Å². The average Bonchev–Trinajstić information content (AvgIpc) is 2.90. The topological polar surface area (TPSA) is 107 Å². The molecule has 0 atom stereocenters. The van der Waals surface area contributed by atoms with Crippen molar-refractivity contribution >= 4 is 10.0 Å². The Kier molecular flexibility index (Phi) is 4.61. The third kappa shape index (κ3) is 3.60. The molecule has 0 spiro atoms. The molecule has 3 N–H and O–H groups in total. The number of nitrogens with two attached hydrogens (primary N) is 1. The smallest absolute Gasteiger partial charge is 0.244 e. The minimum absolute atomic E-state index is 0.0131. The number of ether oxygens (including phenoxy) is 1. The van der Waals surface area contributed by atoms with Gasteiger partial charge >= 0.3 is 0 Å². The molecular weight excluding hydrogens is 294 g/mol. The Morgan fingerprint density at radius 3 is 2.71 bits per heavy atom. The summed E-state index contributed by atoms with van der Waals surface area (Å²) >= 11 is 0. The molecule has 0 fully saturated rings. The van der Waals surface area contributed by atoms with Crippen LogP contribution in [0.5, 0.6) is 5.75 Å². The Morgan fingerprint density at radius 1 is 1.38 bits per heavy atom. The molecule has 0 aliphatic heterocycles. The molecule has 21 heavy (non-hydrogen) atoms. The molecule has 0 amide bonds. The lowest BCUT2D eigenvalue weighted by Gasteiger charge is -2.11. The molecule has 114 valence electrons. The number of sulfonamides is 1. The summed E-state index contributed by atoms with van der Waals surface area (Å²) in [4.78, 5) is 0.0455. The van der Waals surface area contributed by atoms with Crippen LogP contribution in [0, 0.1) is 6.92 Å². The number of aromatic nitrogens is 1. The highest BCUT2D eigenvalue weighted by atomic mass is 32.2. The summed E-state index contributed by atoms with van der Waals surface area (Å²) in [5, 5.41) is 3.70. The fourth-order valence-electron chi connectivity index (χ4n) is 1.80. The quantitative estimate of drug-likeness (QED) is 0.821. The Labute approximate surface area is 123 Å². The summed E-state index contributed by atoms with van der Waals surface area (Å²) in [7, 11) is -2.33. The number of nitrogens with zero attached hydrogens (tertiary/aromatic N) is 1. The number of aryl methyl sites for hydroxylation is 1. The van der Waals surface area contributed by atoms with Gasteiger partial charge in [-0.05, 0) is 24.6 Å². The highest BCUT2D eigenvalue weighted by Crippen LogP contribution is 2.24. The van der Waals surface area contributed by atoms with Gasteiger partial charge in [-0.3, -0.25) is 0 Å². The lowest BCUT2D eigenvalue weighted by Crippen LogP contribution is -2.23. The minimum Gasteiger partial charge on any atom is -0.495 e. The number of hydrogen-bond donors (Lipinski definition) is 2. The van der Waals surface area contributed by atoms with Gasteiger partial charge in [0.25, 0.3) is 0 Å². The van der Waals surface area contributed by atoms with Gasteiger partial charge in [0.15, 0.2) is 5.76 Å². The second-order valence-corrected chi connectivity index (χ2v) is 6.18. The molecule has 0 bridgehead atoms. The molecule has 8 heteroatoms. The molecule has 7 nitrogen and oxygen atoms in total. The summed E-state index contributed by atoms with van der Waals surface area (Å²) in [6.07, 6.45) is 0. The number of rotatable bonds is 6. The Morgan fingerprint density at radius 2 is 2.14 bits per heavy atom. The number of hydrogen-bond acceptors (Lipinski definition) is 6. The molecule has 0 saturated carbocycles. The minimum atomic E-state index is -3.74. The molecule has 0 aliphatic rings. The van der Waals surface area contributed by atoms with Crippen LogP contribution in [0.4, 0.5) is 0 Å². The van der Waals surface area contributed by atoms with Crippen molar-refractivity contribution in [3.63, 3.8) is 0 Å². The van der Waals surface area contributed by atoms with Crippen LogP contribution in [0.25, 0.3) is 0 Å². The summed E-state index contributed by atoms with van der Waals surface area (Å²) in [6, 6.07) is 6.45. The maximum absolute atomic E-state index is 12.4. The van der Waals surface area contributed by atoms with E-state index >= 15 is 0 Å². The van der Waals surface area contributed by atoms with E-state index in [0.717, 1.165) is 0 Å². The number of methoxy groups -OCH3 is 1. The maximum Gasteiger partial charge on any atom is 0.244 e. The first-order valence-corrected chi connectivity index (χ1v) is 7.73. The normalized spacial score (nSPS) is 11.6. The van der Waals surface area contributed by atoms with Gasteiger partial charge in [-0.1, -0.05) is 11.2 Å². The zero-order chi connectivity index (χ0) is 15.5. The van der Waals surface area contributed by atoms with Crippen molar-refractivity contribution in [2.75, 3.05) is 7.11 Å². The standard InChI is InChI=1S/C13H17N3O4S/c1-9-5-11(20-16-9)8-15-21(17,18)13-6-10(7-14)3-4-12(13)19-2/h3-6,15H,7-8,14H2,1-2H3. The third-order valence-corrected chi connectivity index (χ3v) is 4.29. The number of benzene rings is 1. The Hall–Kier alpha value is -1.90. The second-order valence-electron chi connectivity index (χ2n) is 4.45. The van der Waals surface area contributed by atoms with E-state index in [1.807, 2.05) is 0 Å². The molecule has 2 rings (SSSR count). The molecule has 1 aromatic heterocycles. The van der Waals surface area contributed by atoms with Crippen LogP contribution in [0.15, 0.2) is 33.7 Å². The summed E-state index contributed by atoms with van der Waals surface area (Å²) in [6.45, 7) is 2.02. The average molecular weight is 311 g/mol. The second kappa shape index (κ2) is 6.25. The van der Waals surface area contributed by atoms with E-state index in [9.17, 15) is 8.42 Å². The van der Waals surface area contributed by atoms with Crippen molar-refractivity contribution < 1.29 is 17.7 Å². The third-order valence-electron chi connectivity index (χ3n) is 2.87. The molecule has 0 saturated heterocycles. The largest absolute Gasteiger partial charge is 0.495 e. The lowest BCUT2D eigenvalue weighted by molar-refractivity contribution is 0.376. The number of nitrogens with one attached hydrogen (secondary N) is 1. The predicted octanol–water partition coefficient (Wildman–Crippen LogP) is 0.929. The highest BCUT2D eigenvalue weighted by Gasteiger charge is 2.20. The molecule has 1 heterocycles. The van der Waals surface area contributed by atoms with Crippen LogP contribution in [0.2, 0.25) is 0 Å². The summed E-state index contributed by atoms with van der Waals surface area (Å²) in [5.41, 5.74) is 6.93. The van der Waals surface area contributed by atoms with E-state index in [-0.39, 0.29) is 23.7 Å². The Balaban J connectivity index is 2.26. The van der Waals surface area contributed by atoms with Gasteiger partial charge in [0, 0.05) is 12.6 Å². The fraction of sp³-hybridized carbons (Fsp3) is 0.308. The predicted molar refractivity (Wildman–Crippen MR) is 76.2 cm³/mol. The van der Waals surface area contributed by atoms with Crippen LogP contribution in [-0.2, 0) is 23.1 Å². The van der Waals surface area contributed by atoms with Crippen LogP contribution >= 0.6 is 0 Å². The van der Waals surface area contributed by atoms with Crippen LogP contribution < -0.4 is 15.2 Å². The first-order chi connectivity index (χ1) is 9.96. The van der Waals surface area contributed by atoms with E-state index in [2.05, 4.69) is 9.88 Å². The van der Waals surface area contributed by atoms with Gasteiger partial charge in [-0.25, -0.2) is 13.1 Å². The van der Waals surface area contributed by atoms with E-state index in [1.54, 1.807) is 25.1 Å². The monoisotopic (exact) mass is 311 g/mol. The molecular formula is C13H17N3O4S. The van der Waals surface area contributed by atoms with Gasteiger partial charge in [-0.2, -0.15) is 0 Å². The van der Waals surface area contributed by atoms with Crippen molar-refractivity contribution in [1.29, 1.82) is 0 Å². The van der Waals surface area contributed by atoms with Gasteiger partial charge in [0.1, 0.15) is 10.6 Å².